The van der Waals surface area contributed by atoms with Crippen LogP contribution in [0.2, 0.25) is 0 Å². The van der Waals surface area contributed by atoms with Gasteiger partial charge in [0, 0.05) is 58.9 Å². The second-order valence-electron chi connectivity index (χ2n) is 11.9. The maximum absolute atomic E-state index is 9.80. The van der Waals surface area contributed by atoms with Gasteiger partial charge in [-0.1, -0.05) is 37.3 Å². The fourth-order valence-corrected chi connectivity index (χ4v) is 5.80. The number of rotatable bonds is 18. The first-order valence-corrected chi connectivity index (χ1v) is 15.8. The Balaban J connectivity index is 1.44. The molecule has 1 saturated heterocycles. The molecule has 5 atom stereocenters. The molecule has 2 N–H and O–H groups in total. The van der Waals surface area contributed by atoms with Crippen molar-refractivity contribution in [1.82, 2.24) is 5.32 Å². The highest BCUT2D eigenvalue weighted by atomic mass is 16.5. The maximum Gasteiger partial charge on any atom is 0.142 e. The zero-order valence-corrected chi connectivity index (χ0v) is 26.5. The molecule has 43 heavy (non-hydrogen) atoms. The van der Waals surface area contributed by atoms with Crippen molar-refractivity contribution in [2.45, 2.75) is 64.1 Å². The number of hydrogen-bond donors (Lipinski definition) is 2. The number of piperidine rings is 1. The molecule has 0 amide bonds. The topological polar surface area (TPSA) is 90.9 Å². The average Bonchev–Trinajstić information content (AvgIpc) is 3.01. The standard InChI is InChI=1S/C34H52N2O7/c1-25(21-39-4)22-40-23-27-6-9-29(10-7-27)34-32(41-16-12-26(2)37)19-35-20-33(34)43-24-28-8-11-31-30(18-28)36(14-17-42-31)13-5-15-38-3/h6-11,18,25-26,32-35,37H,5,12-17,19-24H2,1-4H3/t25?,26?,32-,33+,34+/m1/s1. The number of aliphatic hydroxyl groups is 1. The van der Waals surface area contributed by atoms with Crippen LogP contribution < -0.4 is 15.0 Å². The van der Waals surface area contributed by atoms with Gasteiger partial charge in [0.05, 0.1) is 57.0 Å². The van der Waals surface area contributed by atoms with E-state index in [1.807, 2.05) is 0 Å². The van der Waals surface area contributed by atoms with Crippen LogP contribution in [-0.2, 0) is 36.9 Å². The van der Waals surface area contributed by atoms with Gasteiger partial charge in [0.2, 0.25) is 0 Å². The van der Waals surface area contributed by atoms with Gasteiger partial charge in [-0.3, -0.25) is 0 Å². The molecule has 0 saturated carbocycles. The molecule has 2 aromatic rings. The van der Waals surface area contributed by atoms with E-state index in [2.05, 4.69) is 59.6 Å². The van der Waals surface area contributed by atoms with E-state index < -0.39 is 6.10 Å². The van der Waals surface area contributed by atoms with Gasteiger partial charge < -0.3 is 43.7 Å². The lowest BCUT2D eigenvalue weighted by Crippen LogP contribution is -2.50. The number of aliphatic hydroxyl groups excluding tert-OH is 1. The lowest BCUT2D eigenvalue weighted by Gasteiger charge is -2.39. The van der Waals surface area contributed by atoms with Crippen LogP contribution in [0.5, 0.6) is 5.75 Å². The summed E-state index contributed by atoms with van der Waals surface area (Å²) >= 11 is 0. The molecule has 4 rings (SSSR count). The lowest BCUT2D eigenvalue weighted by molar-refractivity contribution is -0.0639. The van der Waals surface area contributed by atoms with Crippen LogP contribution in [0.15, 0.2) is 42.5 Å². The summed E-state index contributed by atoms with van der Waals surface area (Å²) in [6.45, 7) is 11.6. The number of nitrogens with zero attached hydrogens (tertiary/aromatic N) is 1. The Morgan fingerprint density at radius 3 is 2.44 bits per heavy atom. The van der Waals surface area contributed by atoms with Gasteiger partial charge in [0.15, 0.2) is 0 Å². The van der Waals surface area contributed by atoms with Gasteiger partial charge in [0.25, 0.3) is 0 Å². The zero-order chi connectivity index (χ0) is 30.4. The Kier molecular flexibility index (Phi) is 14.0. The zero-order valence-electron chi connectivity index (χ0n) is 26.5. The predicted octanol–water partition coefficient (Wildman–Crippen LogP) is 4.15. The van der Waals surface area contributed by atoms with E-state index in [4.69, 9.17) is 28.4 Å². The van der Waals surface area contributed by atoms with Crippen molar-refractivity contribution in [3.8, 4) is 5.75 Å². The van der Waals surface area contributed by atoms with Crippen molar-refractivity contribution in [2.75, 3.05) is 78.3 Å². The van der Waals surface area contributed by atoms with Gasteiger partial charge in [-0.05, 0) is 48.6 Å². The van der Waals surface area contributed by atoms with E-state index in [0.717, 1.165) is 61.8 Å². The van der Waals surface area contributed by atoms with E-state index >= 15 is 0 Å². The van der Waals surface area contributed by atoms with E-state index in [9.17, 15) is 5.11 Å². The predicted molar refractivity (Wildman–Crippen MR) is 168 cm³/mol. The summed E-state index contributed by atoms with van der Waals surface area (Å²) in [5.41, 5.74) is 4.56. The monoisotopic (exact) mass is 600 g/mol. The summed E-state index contributed by atoms with van der Waals surface area (Å²) < 4.78 is 35.3. The van der Waals surface area contributed by atoms with Crippen molar-refractivity contribution >= 4 is 5.69 Å². The van der Waals surface area contributed by atoms with Crippen LogP contribution in [0.1, 0.15) is 49.3 Å². The van der Waals surface area contributed by atoms with E-state index in [1.54, 1.807) is 21.1 Å². The summed E-state index contributed by atoms with van der Waals surface area (Å²) in [6, 6.07) is 15.0. The van der Waals surface area contributed by atoms with Gasteiger partial charge in [0.1, 0.15) is 12.4 Å². The van der Waals surface area contributed by atoms with Crippen molar-refractivity contribution in [3.05, 3.63) is 59.2 Å². The lowest BCUT2D eigenvalue weighted by atomic mass is 9.85. The molecule has 0 spiro atoms. The SMILES string of the molecule is COCCCN1CCOc2ccc(CO[C@H]3CNC[C@@H](OCCC(C)O)[C@@H]3c3ccc(COCC(C)COC)cc3)cc21. The van der Waals surface area contributed by atoms with Crippen LogP contribution in [0.25, 0.3) is 0 Å². The molecule has 2 aromatic carbocycles. The molecule has 2 heterocycles. The van der Waals surface area contributed by atoms with Gasteiger partial charge in [-0.15, -0.1) is 0 Å². The number of hydrogen-bond acceptors (Lipinski definition) is 9. The molecule has 9 heteroatoms. The number of fused-ring (bicyclic) bond motifs is 1. The minimum absolute atomic E-state index is 0.0541. The largest absolute Gasteiger partial charge is 0.490 e. The number of methoxy groups -OCH3 is 2. The molecule has 0 aliphatic carbocycles. The minimum atomic E-state index is -0.394. The van der Waals surface area contributed by atoms with Crippen LogP contribution in [0, 0.1) is 5.92 Å². The molecule has 9 nitrogen and oxygen atoms in total. The number of ether oxygens (including phenoxy) is 6. The first-order chi connectivity index (χ1) is 21.0. The molecule has 0 radical (unpaired) electrons. The van der Waals surface area contributed by atoms with E-state index in [-0.39, 0.29) is 18.1 Å². The van der Waals surface area contributed by atoms with Crippen molar-refractivity contribution < 1.29 is 33.5 Å². The summed E-state index contributed by atoms with van der Waals surface area (Å²) in [6.07, 6.45) is 1.04. The van der Waals surface area contributed by atoms with Crippen LogP contribution in [0.3, 0.4) is 0 Å². The second-order valence-corrected chi connectivity index (χ2v) is 11.9. The molecule has 2 aliphatic rings. The van der Waals surface area contributed by atoms with Gasteiger partial charge >= 0.3 is 0 Å². The molecular weight excluding hydrogens is 548 g/mol. The fourth-order valence-electron chi connectivity index (χ4n) is 5.80. The van der Waals surface area contributed by atoms with Crippen molar-refractivity contribution in [3.63, 3.8) is 0 Å². The Morgan fingerprint density at radius 2 is 1.70 bits per heavy atom. The highest BCUT2D eigenvalue weighted by Gasteiger charge is 2.36. The molecular formula is C34H52N2O7. The number of anilines is 1. The Bertz CT molecular complexity index is 1070. The van der Waals surface area contributed by atoms with Crippen molar-refractivity contribution in [1.29, 1.82) is 0 Å². The Labute approximate surface area is 257 Å². The summed E-state index contributed by atoms with van der Waals surface area (Å²) in [4.78, 5) is 2.38. The number of benzene rings is 2. The van der Waals surface area contributed by atoms with Crippen LogP contribution >= 0.6 is 0 Å². The quantitative estimate of drug-likeness (QED) is 0.245. The fraction of sp³-hybridized carbons (Fsp3) is 0.647. The third-order valence-electron chi connectivity index (χ3n) is 8.07. The third-order valence-corrected chi connectivity index (χ3v) is 8.07. The van der Waals surface area contributed by atoms with Crippen molar-refractivity contribution in [2.24, 2.45) is 5.92 Å². The molecule has 2 aliphatic heterocycles. The molecule has 2 unspecified atom stereocenters. The maximum atomic E-state index is 9.80. The van der Waals surface area contributed by atoms with E-state index in [1.165, 1.54) is 5.56 Å². The molecule has 1 fully saturated rings. The Hall–Kier alpha value is -2.24. The molecule has 0 aromatic heterocycles. The summed E-state index contributed by atoms with van der Waals surface area (Å²) in [5.74, 6) is 1.34. The first kappa shape index (κ1) is 33.6. The minimum Gasteiger partial charge on any atom is -0.490 e. The molecule has 240 valence electrons. The van der Waals surface area contributed by atoms with Crippen LogP contribution in [0.4, 0.5) is 5.69 Å². The number of nitrogens with one attached hydrogen (secondary N) is 1. The van der Waals surface area contributed by atoms with Gasteiger partial charge in [-0.2, -0.15) is 0 Å². The normalized spacial score (nSPS) is 21.7. The summed E-state index contributed by atoms with van der Waals surface area (Å²) in [5, 5.41) is 13.3. The smallest absolute Gasteiger partial charge is 0.142 e. The third kappa shape index (κ3) is 10.4. The molecule has 0 bridgehead atoms. The highest BCUT2D eigenvalue weighted by molar-refractivity contribution is 5.61. The average molecular weight is 601 g/mol. The van der Waals surface area contributed by atoms with Crippen LogP contribution in [-0.4, -0.2) is 96.9 Å². The summed E-state index contributed by atoms with van der Waals surface area (Å²) in [7, 11) is 3.46. The first-order valence-electron chi connectivity index (χ1n) is 15.8. The van der Waals surface area contributed by atoms with Gasteiger partial charge in [-0.25, -0.2) is 0 Å². The second kappa shape index (κ2) is 17.9. The highest BCUT2D eigenvalue weighted by Crippen LogP contribution is 2.34. The Morgan fingerprint density at radius 1 is 0.930 bits per heavy atom. The van der Waals surface area contributed by atoms with E-state index in [0.29, 0.717) is 52.0 Å².